The van der Waals surface area contributed by atoms with Gasteiger partial charge in [0.2, 0.25) is 0 Å². The second kappa shape index (κ2) is 10.8. The molecule has 9 heteroatoms. The average Bonchev–Trinajstić information content (AvgIpc) is 3.21. The van der Waals surface area contributed by atoms with E-state index in [0.717, 1.165) is 60.2 Å². The van der Waals surface area contributed by atoms with Crippen LogP contribution in [0.2, 0.25) is 0 Å². The Labute approximate surface area is 197 Å². The second-order valence-corrected chi connectivity index (χ2v) is 10.1. The zero-order chi connectivity index (χ0) is 24.2. The van der Waals surface area contributed by atoms with E-state index >= 15 is 0 Å². The minimum atomic E-state index is -4.50. The number of rotatable bonds is 9. The molecule has 0 radical (unpaired) electrons. The van der Waals surface area contributed by atoms with Crippen molar-refractivity contribution in [3.05, 3.63) is 34.8 Å². The van der Waals surface area contributed by atoms with Crippen LogP contribution in [0.25, 0.3) is 0 Å². The largest absolute Gasteiger partial charge is 0.481 e. The van der Waals surface area contributed by atoms with Crippen LogP contribution in [-0.4, -0.2) is 28.6 Å². The summed E-state index contributed by atoms with van der Waals surface area (Å²) in [7, 11) is 0. The fourth-order valence-corrected chi connectivity index (χ4v) is 5.13. The lowest BCUT2D eigenvalue weighted by Crippen LogP contribution is -2.39. The zero-order valence-electron chi connectivity index (χ0n) is 19.3. The van der Waals surface area contributed by atoms with Crippen molar-refractivity contribution in [3.8, 4) is 0 Å². The van der Waals surface area contributed by atoms with Crippen molar-refractivity contribution in [1.82, 2.24) is 4.98 Å². The summed E-state index contributed by atoms with van der Waals surface area (Å²) in [5.41, 5.74) is 1.49. The topological polar surface area (TPSA) is 65.5 Å². The summed E-state index contributed by atoms with van der Waals surface area (Å²) in [5, 5.41) is 13.5. The normalized spacial score (nSPS) is 16.1. The first-order valence-electron chi connectivity index (χ1n) is 11.5. The summed E-state index contributed by atoms with van der Waals surface area (Å²) < 4.78 is 39.2. The van der Waals surface area contributed by atoms with Crippen LogP contribution >= 0.6 is 11.3 Å². The predicted octanol–water partition coefficient (Wildman–Crippen LogP) is 7.28. The molecule has 1 fully saturated rings. The number of carboxylic acid groups (broad SMARTS) is 1. The van der Waals surface area contributed by atoms with Crippen molar-refractivity contribution in [2.24, 2.45) is 5.92 Å². The number of hydrogen-bond donors (Lipinski definition) is 2. The highest BCUT2D eigenvalue weighted by molar-refractivity contribution is 7.13. The SMILES string of the molecule is CC(C)CN(c1ccc(C(C)CC(=O)O)cc1Nc1nc(C(F)(F)F)cs1)C1CCCCC1. The monoisotopic (exact) mass is 483 g/mol. The summed E-state index contributed by atoms with van der Waals surface area (Å²) in [6, 6.07) is 6.15. The van der Waals surface area contributed by atoms with E-state index in [2.05, 4.69) is 29.0 Å². The predicted molar refractivity (Wildman–Crippen MR) is 127 cm³/mol. The molecule has 1 aliphatic rings. The van der Waals surface area contributed by atoms with Crippen molar-refractivity contribution in [2.75, 3.05) is 16.8 Å². The molecule has 2 aromatic rings. The van der Waals surface area contributed by atoms with E-state index in [1.807, 2.05) is 25.1 Å². The van der Waals surface area contributed by atoms with Crippen LogP contribution in [0.5, 0.6) is 0 Å². The van der Waals surface area contributed by atoms with Crippen LogP contribution in [0.3, 0.4) is 0 Å². The molecule has 33 heavy (non-hydrogen) atoms. The molecule has 0 aliphatic heterocycles. The first-order valence-corrected chi connectivity index (χ1v) is 12.3. The van der Waals surface area contributed by atoms with Crippen LogP contribution in [-0.2, 0) is 11.0 Å². The van der Waals surface area contributed by atoms with E-state index in [1.165, 1.54) is 6.42 Å². The van der Waals surface area contributed by atoms with Crippen LogP contribution in [0.4, 0.5) is 29.7 Å². The molecule has 3 rings (SSSR count). The number of aromatic nitrogens is 1. The number of carboxylic acids is 1. The molecular formula is C24H32F3N3O2S. The van der Waals surface area contributed by atoms with Gasteiger partial charge in [-0.15, -0.1) is 11.3 Å². The summed E-state index contributed by atoms with van der Waals surface area (Å²) in [6.07, 6.45) is 1.20. The number of halogens is 3. The molecule has 0 amide bonds. The molecule has 1 aromatic heterocycles. The highest BCUT2D eigenvalue weighted by Crippen LogP contribution is 2.39. The molecule has 1 aromatic carbocycles. The Morgan fingerprint density at radius 3 is 2.52 bits per heavy atom. The van der Waals surface area contributed by atoms with Gasteiger partial charge in [0.15, 0.2) is 10.8 Å². The smallest absolute Gasteiger partial charge is 0.434 e. The Kier molecular flexibility index (Phi) is 8.26. The number of nitrogens with one attached hydrogen (secondary N) is 1. The van der Waals surface area contributed by atoms with Gasteiger partial charge in [0.25, 0.3) is 0 Å². The number of carbonyl (C=O) groups is 1. The number of aliphatic carboxylic acids is 1. The number of hydrogen-bond acceptors (Lipinski definition) is 5. The van der Waals surface area contributed by atoms with Gasteiger partial charge in [-0.05, 0) is 42.4 Å². The Hall–Kier alpha value is -2.29. The van der Waals surface area contributed by atoms with Crippen molar-refractivity contribution < 1.29 is 23.1 Å². The lowest BCUT2D eigenvalue weighted by molar-refractivity contribution is -0.140. The van der Waals surface area contributed by atoms with E-state index in [0.29, 0.717) is 17.6 Å². The quantitative estimate of drug-likeness (QED) is 0.392. The minimum Gasteiger partial charge on any atom is -0.481 e. The Morgan fingerprint density at radius 1 is 1.24 bits per heavy atom. The van der Waals surface area contributed by atoms with E-state index in [9.17, 15) is 23.1 Å². The van der Waals surface area contributed by atoms with Gasteiger partial charge in [0, 0.05) is 18.0 Å². The number of anilines is 3. The maximum atomic E-state index is 13.1. The lowest BCUT2D eigenvalue weighted by Gasteiger charge is -2.38. The molecule has 0 spiro atoms. The lowest BCUT2D eigenvalue weighted by atomic mass is 9.92. The summed E-state index contributed by atoms with van der Waals surface area (Å²) in [5.74, 6) is -0.714. The van der Waals surface area contributed by atoms with Gasteiger partial charge in [0.05, 0.1) is 17.8 Å². The van der Waals surface area contributed by atoms with Crippen molar-refractivity contribution in [3.63, 3.8) is 0 Å². The fourth-order valence-electron chi connectivity index (χ4n) is 4.40. The zero-order valence-corrected chi connectivity index (χ0v) is 20.1. The molecular weight excluding hydrogens is 451 g/mol. The van der Waals surface area contributed by atoms with E-state index in [1.54, 1.807) is 0 Å². The van der Waals surface area contributed by atoms with E-state index in [-0.39, 0.29) is 17.5 Å². The average molecular weight is 484 g/mol. The second-order valence-electron chi connectivity index (χ2n) is 9.27. The van der Waals surface area contributed by atoms with Crippen molar-refractivity contribution in [2.45, 2.75) is 77.4 Å². The maximum absolute atomic E-state index is 13.1. The van der Waals surface area contributed by atoms with Crippen LogP contribution in [0, 0.1) is 5.92 Å². The van der Waals surface area contributed by atoms with Gasteiger partial charge in [-0.25, -0.2) is 4.98 Å². The highest BCUT2D eigenvalue weighted by Gasteiger charge is 2.34. The third-order valence-corrected chi connectivity index (χ3v) is 6.75. The fraction of sp³-hybridized carbons (Fsp3) is 0.583. The van der Waals surface area contributed by atoms with Crippen molar-refractivity contribution in [1.29, 1.82) is 0 Å². The standard InChI is InChI=1S/C24H32F3N3O2S/c1-15(2)13-30(18-7-5-4-6-8-18)20-10-9-17(16(3)11-22(31)32)12-19(20)28-23-29-21(14-33-23)24(25,26)27/h9-10,12,14-16,18H,4-8,11,13H2,1-3H3,(H,28,29)(H,31,32). The van der Waals surface area contributed by atoms with Gasteiger partial charge in [-0.2, -0.15) is 13.2 Å². The number of benzene rings is 1. The minimum absolute atomic E-state index is 0.0212. The van der Waals surface area contributed by atoms with E-state index < -0.39 is 17.8 Å². The molecule has 1 saturated carbocycles. The van der Waals surface area contributed by atoms with Gasteiger partial charge in [-0.1, -0.05) is 46.1 Å². The van der Waals surface area contributed by atoms with Crippen molar-refractivity contribution >= 4 is 33.8 Å². The van der Waals surface area contributed by atoms with E-state index in [4.69, 9.17) is 0 Å². The summed E-state index contributed by atoms with van der Waals surface area (Å²) in [4.78, 5) is 17.3. The molecule has 5 nitrogen and oxygen atoms in total. The molecule has 1 aliphatic carbocycles. The third kappa shape index (κ3) is 6.85. The first kappa shape index (κ1) is 25.3. The van der Waals surface area contributed by atoms with Crippen LogP contribution < -0.4 is 10.2 Å². The number of alkyl halides is 3. The van der Waals surface area contributed by atoms with Gasteiger partial charge in [-0.3, -0.25) is 4.79 Å². The Morgan fingerprint density at radius 2 is 1.94 bits per heavy atom. The molecule has 2 N–H and O–H groups in total. The Balaban J connectivity index is 2.01. The third-order valence-electron chi connectivity index (χ3n) is 5.99. The van der Waals surface area contributed by atoms with Gasteiger partial charge >= 0.3 is 12.1 Å². The molecule has 1 unspecified atom stereocenters. The molecule has 182 valence electrons. The van der Waals surface area contributed by atoms with Crippen LogP contribution in [0.1, 0.15) is 76.5 Å². The molecule has 0 saturated heterocycles. The maximum Gasteiger partial charge on any atom is 0.434 e. The number of nitrogens with zero attached hydrogens (tertiary/aromatic N) is 2. The molecule has 0 bridgehead atoms. The van der Waals surface area contributed by atoms with Gasteiger partial charge < -0.3 is 15.3 Å². The first-order chi connectivity index (χ1) is 15.5. The molecule has 1 heterocycles. The summed E-state index contributed by atoms with van der Waals surface area (Å²) >= 11 is 0.911. The summed E-state index contributed by atoms with van der Waals surface area (Å²) in [6.45, 7) is 6.98. The Bertz CT molecular complexity index is 939. The molecule has 1 atom stereocenters. The van der Waals surface area contributed by atoms with Crippen LogP contribution in [0.15, 0.2) is 23.6 Å². The van der Waals surface area contributed by atoms with Gasteiger partial charge in [0.1, 0.15) is 0 Å². The number of thiazole rings is 1. The highest BCUT2D eigenvalue weighted by atomic mass is 32.1.